The van der Waals surface area contributed by atoms with E-state index in [1.165, 1.54) is 0 Å². The molecule has 0 saturated heterocycles. The first-order valence-electron chi connectivity index (χ1n) is 1.23. The van der Waals surface area contributed by atoms with Gasteiger partial charge in [-0.25, -0.2) is 0 Å². The second-order valence-electron chi connectivity index (χ2n) is 0.852. The van der Waals surface area contributed by atoms with Crippen LogP contribution in [0.4, 0.5) is 21.8 Å². The fraction of sp³-hybridized carbons (Fsp3) is 1.00. The van der Waals surface area contributed by atoms with Gasteiger partial charge in [0.05, 0.1) is 0 Å². The molecule has 0 amide bonds. The van der Waals surface area contributed by atoms with Crippen LogP contribution in [0.2, 0.25) is 0 Å². The first-order valence-corrected chi connectivity index (χ1v) is 5.04. The zero-order chi connectivity index (χ0) is 7.00. The van der Waals surface area contributed by atoms with Crippen LogP contribution in [0.5, 0.6) is 0 Å². The molecule has 0 spiro atoms. The Morgan fingerprint density at radius 1 is 0.875 bits per heavy atom. The van der Waals surface area contributed by atoms with Crippen molar-refractivity contribution in [3.63, 3.8) is 0 Å². The number of alkyl halides is 3. The summed E-state index contributed by atoms with van der Waals surface area (Å²) < 4.78 is 57.6. The summed E-state index contributed by atoms with van der Waals surface area (Å²) in [6.45, 7) is 0. The van der Waals surface area contributed by atoms with Gasteiger partial charge in [-0.2, -0.15) is 0 Å². The van der Waals surface area contributed by atoms with Crippen molar-refractivity contribution in [2.24, 2.45) is 0 Å². The van der Waals surface area contributed by atoms with Gasteiger partial charge in [0.15, 0.2) is 0 Å². The molecular formula is CF6Te. The molecule has 0 radical (unpaired) electrons. The van der Waals surface area contributed by atoms with Crippen LogP contribution in [-0.2, 0) is 0 Å². The summed E-state index contributed by atoms with van der Waals surface area (Å²) in [4.78, 5) is 0. The average Bonchev–Trinajstić information content (AvgIpc) is 1.25. The van der Waals surface area contributed by atoms with Gasteiger partial charge in [-0.1, -0.05) is 0 Å². The monoisotopic (exact) mass is 256 g/mol. The van der Waals surface area contributed by atoms with E-state index in [4.69, 9.17) is 0 Å². The van der Waals surface area contributed by atoms with E-state index < -0.39 is 24.1 Å². The minimum absolute atomic E-state index is 5.87. The fourth-order valence-corrected chi connectivity index (χ4v) is 0. The topological polar surface area (TPSA) is 0 Å². The van der Waals surface area contributed by atoms with E-state index in [1.807, 2.05) is 0 Å². The van der Waals surface area contributed by atoms with E-state index in [2.05, 4.69) is 0 Å². The Labute approximate surface area is 46.6 Å². The van der Waals surface area contributed by atoms with Crippen molar-refractivity contribution >= 4 is 19.9 Å². The minimum atomic E-state index is -7.84. The molecule has 7 heteroatoms. The second-order valence-corrected chi connectivity index (χ2v) is 4.49. The molecule has 0 aromatic carbocycles. The molecule has 0 heterocycles. The Morgan fingerprint density at radius 2 is 1.00 bits per heavy atom. The van der Waals surface area contributed by atoms with Gasteiger partial charge in [0, 0.05) is 0 Å². The molecule has 0 aromatic heterocycles. The van der Waals surface area contributed by atoms with Crippen molar-refractivity contribution in [1.29, 1.82) is 0 Å². The van der Waals surface area contributed by atoms with Crippen molar-refractivity contribution in [3.05, 3.63) is 0 Å². The van der Waals surface area contributed by atoms with Gasteiger partial charge in [-0.05, 0) is 0 Å². The van der Waals surface area contributed by atoms with Gasteiger partial charge in [0.1, 0.15) is 0 Å². The summed E-state index contributed by atoms with van der Waals surface area (Å²) in [5.74, 6) is 0. The summed E-state index contributed by atoms with van der Waals surface area (Å²) >= 11 is -7.84. The summed E-state index contributed by atoms with van der Waals surface area (Å²) in [6, 6.07) is 0. The summed E-state index contributed by atoms with van der Waals surface area (Å²) in [5, 5.41) is 0. The third-order valence-electron chi connectivity index (χ3n) is 0.262. The van der Waals surface area contributed by atoms with E-state index in [1.54, 1.807) is 0 Å². The average molecular weight is 254 g/mol. The van der Waals surface area contributed by atoms with E-state index in [0.717, 1.165) is 0 Å². The van der Waals surface area contributed by atoms with Crippen LogP contribution in [-0.4, -0.2) is 24.1 Å². The Morgan fingerprint density at radius 3 is 1.00 bits per heavy atom. The molecule has 0 fully saturated rings. The standard InChI is InChI=1S/CF6Te/c2-1(3,4)8(5,6)7. The molecule has 0 rings (SSSR count). The normalized spacial score (nSPS) is 16.2. The molecule has 0 saturated carbocycles. The predicted octanol–water partition coefficient (Wildman–Crippen LogP) is 1.94. The zero-order valence-corrected chi connectivity index (χ0v) is 5.51. The second kappa shape index (κ2) is 1.95. The predicted molar refractivity (Wildman–Crippen MR) is 15.1 cm³/mol. The maximum atomic E-state index is 10.6. The third-order valence-corrected chi connectivity index (χ3v) is 1.76. The van der Waals surface area contributed by atoms with E-state index in [0.29, 0.717) is 0 Å². The van der Waals surface area contributed by atoms with E-state index >= 15 is 0 Å². The number of rotatable bonds is 0. The van der Waals surface area contributed by atoms with Crippen LogP contribution in [0.15, 0.2) is 0 Å². The van der Waals surface area contributed by atoms with Crippen molar-refractivity contribution in [2.45, 2.75) is 4.22 Å². The summed E-state index contributed by atoms with van der Waals surface area (Å²) in [5.41, 5.74) is 0. The van der Waals surface area contributed by atoms with Crippen LogP contribution in [0, 0.1) is 0 Å². The third kappa shape index (κ3) is 2.09. The fourth-order valence-electron chi connectivity index (χ4n) is 0. The first kappa shape index (κ1) is 8.37. The van der Waals surface area contributed by atoms with Gasteiger partial charge in [-0.15, -0.1) is 0 Å². The number of hydrogen-bond donors (Lipinski definition) is 0. The van der Waals surface area contributed by atoms with Crippen LogP contribution < -0.4 is 0 Å². The van der Waals surface area contributed by atoms with E-state index in [9.17, 15) is 21.8 Å². The molecule has 0 aromatic rings. The molecule has 0 N–H and O–H groups in total. The molecule has 0 unspecified atom stereocenters. The maximum absolute atomic E-state index is 10.6. The quantitative estimate of drug-likeness (QED) is 0.457. The molecule has 8 heavy (non-hydrogen) atoms. The molecule has 0 bridgehead atoms. The van der Waals surface area contributed by atoms with Crippen LogP contribution in [0.1, 0.15) is 0 Å². The summed E-state index contributed by atoms with van der Waals surface area (Å²) in [6.07, 6.45) is 0. The Bertz CT molecular complexity index is 63.5. The van der Waals surface area contributed by atoms with Crippen molar-refractivity contribution in [3.8, 4) is 0 Å². The van der Waals surface area contributed by atoms with E-state index in [-0.39, 0.29) is 0 Å². The van der Waals surface area contributed by atoms with Gasteiger partial charge >= 0.3 is 46.0 Å². The number of hydrogen-bond acceptors (Lipinski definition) is 0. The molecule has 0 nitrogen and oxygen atoms in total. The van der Waals surface area contributed by atoms with Crippen LogP contribution >= 0.6 is 0 Å². The molecule has 0 atom stereocenters. The van der Waals surface area contributed by atoms with Crippen molar-refractivity contribution in [2.75, 3.05) is 0 Å². The van der Waals surface area contributed by atoms with Crippen LogP contribution in [0.25, 0.3) is 0 Å². The van der Waals surface area contributed by atoms with Crippen molar-refractivity contribution < 1.29 is 21.8 Å². The van der Waals surface area contributed by atoms with Crippen LogP contribution in [0.3, 0.4) is 0 Å². The zero-order valence-electron chi connectivity index (χ0n) is 3.18. The van der Waals surface area contributed by atoms with Gasteiger partial charge in [-0.3, -0.25) is 0 Å². The molecule has 0 aliphatic rings. The van der Waals surface area contributed by atoms with Gasteiger partial charge in [0.25, 0.3) is 0 Å². The molecular weight excluding hydrogens is 254 g/mol. The Kier molecular flexibility index (Phi) is 2.04. The first-order chi connectivity index (χ1) is 3.25. The molecule has 0 aliphatic carbocycles. The molecule has 0 aliphatic heterocycles. The van der Waals surface area contributed by atoms with Gasteiger partial charge in [0.2, 0.25) is 0 Å². The van der Waals surface area contributed by atoms with Crippen molar-refractivity contribution in [1.82, 2.24) is 0 Å². The Balaban J connectivity index is 4.02. The molecule has 52 valence electrons. The Hall–Kier alpha value is 0.370. The summed E-state index contributed by atoms with van der Waals surface area (Å²) in [7, 11) is 0. The number of halogens is 6. The van der Waals surface area contributed by atoms with Gasteiger partial charge < -0.3 is 0 Å². The SMILES string of the molecule is FC(F)(F)[Te](F)(F)F.